The van der Waals surface area contributed by atoms with Crippen molar-refractivity contribution in [3.05, 3.63) is 0 Å². The molecule has 0 radical (unpaired) electrons. The maximum absolute atomic E-state index is 6.62. The quantitative estimate of drug-likeness (QED) is 0.806. The molecule has 0 aromatic carbocycles. The van der Waals surface area contributed by atoms with Crippen LogP contribution in [0.4, 0.5) is 0 Å². The van der Waals surface area contributed by atoms with Gasteiger partial charge in [0.15, 0.2) is 0 Å². The summed E-state index contributed by atoms with van der Waals surface area (Å²) < 4.78 is 0. The zero-order chi connectivity index (χ0) is 12.9. The van der Waals surface area contributed by atoms with E-state index >= 15 is 0 Å². The van der Waals surface area contributed by atoms with Crippen LogP contribution in [0.25, 0.3) is 0 Å². The third kappa shape index (κ3) is 1.92. The lowest BCUT2D eigenvalue weighted by molar-refractivity contribution is -0.291. The van der Waals surface area contributed by atoms with Crippen molar-refractivity contribution in [3.8, 4) is 0 Å². The summed E-state index contributed by atoms with van der Waals surface area (Å²) >= 11 is 0. The number of hydrogen-bond donors (Lipinski definition) is 1. The van der Waals surface area contributed by atoms with Gasteiger partial charge in [0, 0.05) is 16.6 Å². The molecule has 1 saturated carbocycles. The van der Waals surface area contributed by atoms with Crippen LogP contribution in [0.2, 0.25) is 0 Å². The Balaban J connectivity index is 2.32. The smallest absolute Gasteiger partial charge is 0.0575 e. The number of hydroxylamine groups is 2. The van der Waals surface area contributed by atoms with Crippen molar-refractivity contribution in [1.29, 1.82) is 0 Å². The summed E-state index contributed by atoms with van der Waals surface area (Å²) in [5, 5.41) is 2.23. The van der Waals surface area contributed by atoms with Crippen molar-refractivity contribution in [2.75, 3.05) is 7.11 Å². The molecule has 1 heterocycles. The summed E-state index contributed by atoms with van der Waals surface area (Å²) in [6.45, 7) is 9.13. The van der Waals surface area contributed by atoms with Gasteiger partial charge in [0.2, 0.25) is 0 Å². The molecule has 3 atom stereocenters. The van der Waals surface area contributed by atoms with E-state index < -0.39 is 0 Å². The molecule has 2 aliphatic rings. The van der Waals surface area contributed by atoms with E-state index in [1.165, 1.54) is 6.42 Å². The van der Waals surface area contributed by atoms with Crippen LogP contribution in [-0.2, 0) is 4.84 Å². The molecule has 100 valence electrons. The zero-order valence-electron chi connectivity index (χ0n) is 12.0. The molecule has 0 spiro atoms. The highest BCUT2D eigenvalue weighted by molar-refractivity contribution is 5.10. The second kappa shape index (κ2) is 3.94. The molecular formula is C14H28N2O. The number of nitrogens with two attached hydrogens (primary N) is 1. The predicted octanol–water partition coefficient (Wildman–Crippen LogP) is 2.70. The summed E-state index contributed by atoms with van der Waals surface area (Å²) in [7, 11) is 1.80. The van der Waals surface area contributed by atoms with Gasteiger partial charge < -0.3 is 10.6 Å². The Morgan fingerprint density at radius 2 is 1.88 bits per heavy atom. The monoisotopic (exact) mass is 240 g/mol. The van der Waals surface area contributed by atoms with Gasteiger partial charge in [-0.15, -0.1) is 0 Å². The van der Waals surface area contributed by atoms with Crippen LogP contribution in [0, 0.1) is 5.92 Å². The van der Waals surface area contributed by atoms with Gasteiger partial charge in [0.25, 0.3) is 0 Å². The Bertz CT molecular complexity index is 303. The van der Waals surface area contributed by atoms with Crippen LogP contribution >= 0.6 is 0 Å². The first-order valence-electron chi connectivity index (χ1n) is 6.91. The molecule has 3 nitrogen and oxygen atoms in total. The van der Waals surface area contributed by atoms with Crippen molar-refractivity contribution in [1.82, 2.24) is 5.06 Å². The number of piperidine rings is 1. The summed E-state index contributed by atoms with van der Waals surface area (Å²) in [6, 6.07) is 0. The second-order valence-corrected chi connectivity index (χ2v) is 6.98. The number of hydrogen-bond acceptors (Lipinski definition) is 3. The van der Waals surface area contributed by atoms with E-state index in [1.54, 1.807) is 7.11 Å². The standard InChI is InChI=1S/C14H28N2O/c1-6-14(15)8-7-13(4)10-11(14)9-12(2,3)16(13)17-5/h11H,6-10,15H2,1-5H3. The first-order valence-corrected chi connectivity index (χ1v) is 6.91. The fraction of sp³-hybridized carbons (Fsp3) is 1.00. The number of rotatable bonds is 2. The SMILES string of the molecule is CCC1(N)CCC2(C)CC1CC(C)(C)N2OC. The summed E-state index contributed by atoms with van der Waals surface area (Å²) in [4.78, 5) is 5.69. The molecule has 2 rings (SSSR count). The first kappa shape index (κ1) is 13.3. The largest absolute Gasteiger partial charge is 0.325 e. The lowest BCUT2D eigenvalue weighted by atomic mass is 9.59. The second-order valence-electron chi connectivity index (χ2n) is 6.98. The molecule has 3 heteroatoms. The molecule has 2 N–H and O–H groups in total. The van der Waals surface area contributed by atoms with Crippen LogP contribution in [0.5, 0.6) is 0 Å². The van der Waals surface area contributed by atoms with Gasteiger partial charge in [-0.25, -0.2) is 0 Å². The molecule has 1 saturated heterocycles. The highest BCUT2D eigenvalue weighted by Gasteiger charge is 2.56. The van der Waals surface area contributed by atoms with Crippen LogP contribution < -0.4 is 5.73 Å². The average molecular weight is 240 g/mol. The van der Waals surface area contributed by atoms with E-state index in [1.807, 2.05) is 0 Å². The van der Waals surface area contributed by atoms with E-state index in [0.717, 1.165) is 25.7 Å². The number of nitrogens with zero attached hydrogens (tertiary/aromatic N) is 1. The highest BCUT2D eigenvalue weighted by Crippen LogP contribution is 2.52. The minimum Gasteiger partial charge on any atom is -0.325 e. The molecular weight excluding hydrogens is 212 g/mol. The third-order valence-corrected chi connectivity index (χ3v) is 5.26. The van der Waals surface area contributed by atoms with Gasteiger partial charge >= 0.3 is 0 Å². The summed E-state index contributed by atoms with van der Waals surface area (Å²) in [6.07, 6.45) is 5.68. The van der Waals surface area contributed by atoms with Crippen LogP contribution in [0.15, 0.2) is 0 Å². The van der Waals surface area contributed by atoms with Crippen molar-refractivity contribution >= 4 is 0 Å². The highest BCUT2D eigenvalue weighted by atomic mass is 16.7. The lowest BCUT2D eigenvalue weighted by Gasteiger charge is -2.61. The molecule has 3 unspecified atom stereocenters. The van der Waals surface area contributed by atoms with Crippen molar-refractivity contribution in [3.63, 3.8) is 0 Å². The Kier molecular flexibility index (Phi) is 3.08. The van der Waals surface area contributed by atoms with Gasteiger partial charge in [-0.3, -0.25) is 0 Å². The molecule has 17 heavy (non-hydrogen) atoms. The molecule has 0 amide bonds. The van der Waals surface area contributed by atoms with E-state index in [2.05, 4.69) is 32.8 Å². The van der Waals surface area contributed by atoms with Crippen molar-refractivity contribution in [2.45, 2.75) is 76.4 Å². The Labute approximate surface area is 106 Å². The van der Waals surface area contributed by atoms with Gasteiger partial charge in [-0.1, -0.05) is 6.92 Å². The Morgan fingerprint density at radius 3 is 2.41 bits per heavy atom. The van der Waals surface area contributed by atoms with Crippen LogP contribution in [0.1, 0.15) is 59.8 Å². The Hall–Kier alpha value is -0.120. The first-order chi connectivity index (χ1) is 7.77. The van der Waals surface area contributed by atoms with Crippen molar-refractivity contribution < 1.29 is 4.84 Å². The van der Waals surface area contributed by atoms with Gasteiger partial charge in [0.05, 0.1) is 7.11 Å². The van der Waals surface area contributed by atoms with E-state index in [-0.39, 0.29) is 16.6 Å². The van der Waals surface area contributed by atoms with Gasteiger partial charge in [-0.05, 0) is 58.8 Å². The molecule has 0 aromatic heterocycles. The van der Waals surface area contributed by atoms with Gasteiger partial charge in [-0.2, -0.15) is 5.06 Å². The maximum Gasteiger partial charge on any atom is 0.0575 e. The molecule has 1 aliphatic heterocycles. The maximum atomic E-state index is 6.62. The molecule has 2 bridgehead atoms. The average Bonchev–Trinajstić information content (AvgIpc) is 2.23. The summed E-state index contributed by atoms with van der Waals surface area (Å²) in [5.41, 5.74) is 6.92. The normalized spacial score (nSPS) is 45.9. The van der Waals surface area contributed by atoms with Crippen LogP contribution in [-0.4, -0.2) is 28.8 Å². The minimum atomic E-state index is 0.0522. The third-order valence-electron chi connectivity index (χ3n) is 5.26. The zero-order valence-corrected chi connectivity index (χ0v) is 12.0. The number of fused-ring (bicyclic) bond motifs is 2. The van der Waals surface area contributed by atoms with Crippen LogP contribution in [0.3, 0.4) is 0 Å². The van der Waals surface area contributed by atoms with Gasteiger partial charge in [0.1, 0.15) is 0 Å². The predicted molar refractivity (Wildman–Crippen MR) is 70.5 cm³/mol. The molecule has 0 aromatic rings. The Morgan fingerprint density at radius 1 is 1.24 bits per heavy atom. The summed E-state index contributed by atoms with van der Waals surface area (Å²) in [5.74, 6) is 0.632. The topological polar surface area (TPSA) is 38.5 Å². The van der Waals surface area contributed by atoms with Crippen molar-refractivity contribution in [2.24, 2.45) is 11.7 Å². The minimum absolute atomic E-state index is 0.0522. The van der Waals surface area contributed by atoms with E-state index in [0.29, 0.717) is 5.92 Å². The fourth-order valence-corrected chi connectivity index (χ4v) is 4.35. The molecule has 1 aliphatic carbocycles. The lowest BCUT2D eigenvalue weighted by Crippen LogP contribution is -2.68. The van der Waals surface area contributed by atoms with E-state index in [4.69, 9.17) is 10.6 Å². The van der Waals surface area contributed by atoms with E-state index in [9.17, 15) is 0 Å². The fourth-order valence-electron chi connectivity index (χ4n) is 4.35. The molecule has 2 fully saturated rings.